The van der Waals surface area contributed by atoms with Gasteiger partial charge in [0.05, 0.1) is 0 Å². The molecule has 0 aliphatic rings. The maximum atomic E-state index is 13.3. The molecule has 0 spiro atoms. The molecule has 0 heterocycles. The molecule has 0 saturated heterocycles. The Morgan fingerprint density at radius 2 is 1.08 bits per heavy atom. The van der Waals surface area contributed by atoms with Gasteiger partial charge in [0, 0.05) is 5.41 Å². The molecule has 0 aromatic heterocycles. The second kappa shape index (κ2) is 12.6. The van der Waals surface area contributed by atoms with Crippen molar-refractivity contribution in [2.24, 2.45) is 5.92 Å². The monoisotopic (exact) mass is 362 g/mol. The highest BCUT2D eigenvalue weighted by molar-refractivity contribution is 5.39. The molecule has 146 valence electrons. The van der Waals surface area contributed by atoms with E-state index in [1.165, 1.54) is 24.3 Å². The molecular weight excluding hydrogens is 326 g/mol. The summed E-state index contributed by atoms with van der Waals surface area (Å²) in [5.41, 5.74) is 1.92. The highest BCUT2D eigenvalue weighted by atomic mass is 19.1. The van der Waals surface area contributed by atoms with Crippen molar-refractivity contribution in [3.63, 3.8) is 0 Å². The highest BCUT2D eigenvalue weighted by Gasteiger charge is 2.36. The average Bonchev–Trinajstić information content (AvgIpc) is 2.69. The van der Waals surface area contributed by atoms with Crippen molar-refractivity contribution in [2.45, 2.75) is 73.1 Å². The van der Waals surface area contributed by atoms with Crippen molar-refractivity contribution in [3.05, 3.63) is 71.3 Å². The molecule has 0 bridgehead atoms. The first-order valence-corrected chi connectivity index (χ1v) is 10.0. The number of hydrogen-bond acceptors (Lipinski definition) is 0. The van der Waals surface area contributed by atoms with Gasteiger partial charge in [0.1, 0.15) is 11.6 Å². The molecular formula is C24H36F2. The van der Waals surface area contributed by atoms with E-state index in [0.717, 1.165) is 30.4 Å². The molecule has 0 aliphatic heterocycles. The Morgan fingerprint density at radius 1 is 0.731 bits per heavy atom. The number of benzene rings is 2. The lowest BCUT2D eigenvalue weighted by Gasteiger charge is -2.39. The molecule has 0 nitrogen and oxygen atoms in total. The zero-order valence-corrected chi connectivity index (χ0v) is 17.6. The van der Waals surface area contributed by atoms with Crippen LogP contribution in [0.2, 0.25) is 0 Å². The Hall–Kier alpha value is -1.70. The van der Waals surface area contributed by atoms with Gasteiger partial charge in [-0.15, -0.1) is 0 Å². The van der Waals surface area contributed by atoms with Gasteiger partial charge in [-0.05, 0) is 47.7 Å². The SMILES string of the molecule is CC.CC.CCCC(CC)C(C)(c1ccc(F)cc1)c1ccc(F)cc1. The smallest absolute Gasteiger partial charge is 0.123 e. The summed E-state index contributed by atoms with van der Waals surface area (Å²) in [5.74, 6) is -0.0316. The van der Waals surface area contributed by atoms with Gasteiger partial charge in [-0.25, -0.2) is 8.78 Å². The summed E-state index contributed by atoms with van der Waals surface area (Å²) in [5, 5.41) is 0. The van der Waals surface area contributed by atoms with Gasteiger partial charge in [0.25, 0.3) is 0 Å². The van der Waals surface area contributed by atoms with Crippen LogP contribution in [0.3, 0.4) is 0 Å². The summed E-state index contributed by atoms with van der Waals surface area (Å²) in [4.78, 5) is 0. The quantitative estimate of drug-likeness (QED) is 0.486. The molecule has 0 amide bonds. The summed E-state index contributed by atoms with van der Waals surface area (Å²) >= 11 is 0. The first-order chi connectivity index (χ1) is 12.5. The molecule has 2 rings (SSSR count). The first kappa shape index (κ1) is 24.3. The van der Waals surface area contributed by atoms with Crippen LogP contribution in [-0.2, 0) is 5.41 Å². The summed E-state index contributed by atoms with van der Waals surface area (Å²) in [7, 11) is 0. The van der Waals surface area contributed by atoms with Gasteiger partial charge in [0.2, 0.25) is 0 Å². The van der Waals surface area contributed by atoms with E-state index in [-0.39, 0.29) is 17.0 Å². The summed E-state index contributed by atoms with van der Waals surface area (Å²) in [6, 6.07) is 13.5. The van der Waals surface area contributed by atoms with Crippen LogP contribution in [0.15, 0.2) is 48.5 Å². The maximum Gasteiger partial charge on any atom is 0.123 e. The Labute approximate surface area is 159 Å². The van der Waals surface area contributed by atoms with Crippen molar-refractivity contribution in [3.8, 4) is 0 Å². The van der Waals surface area contributed by atoms with E-state index in [1.807, 2.05) is 52.0 Å². The minimum Gasteiger partial charge on any atom is -0.207 e. The van der Waals surface area contributed by atoms with Crippen LogP contribution in [0, 0.1) is 17.6 Å². The maximum absolute atomic E-state index is 13.3. The van der Waals surface area contributed by atoms with Crippen LogP contribution in [0.25, 0.3) is 0 Å². The number of hydrogen-bond donors (Lipinski definition) is 0. The fraction of sp³-hybridized carbons (Fsp3) is 0.500. The minimum absolute atomic E-state index is 0.228. The van der Waals surface area contributed by atoms with Crippen LogP contribution < -0.4 is 0 Å². The van der Waals surface area contributed by atoms with Gasteiger partial charge in [0.15, 0.2) is 0 Å². The van der Waals surface area contributed by atoms with Crippen LogP contribution in [0.5, 0.6) is 0 Å². The van der Waals surface area contributed by atoms with E-state index in [1.54, 1.807) is 0 Å². The van der Waals surface area contributed by atoms with Crippen LogP contribution >= 0.6 is 0 Å². The van der Waals surface area contributed by atoms with Crippen molar-refractivity contribution in [2.75, 3.05) is 0 Å². The molecule has 1 unspecified atom stereocenters. The lowest BCUT2D eigenvalue weighted by molar-refractivity contribution is 0.310. The van der Waals surface area contributed by atoms with Gasteiger partial charge in [-0.2, -0.15) is 0 Å². The van der Waals surface area contributed by atoms with E-state index in [2.05, 4.69) is 20.8 Å². The zero-order chi connectivity index (χ0) is 20.2. The van der Waals surface area contributed by atoms with Gasteiger partial charge >= 0.3 is 0 Å². The predicted octanol–water partition coefficient (Wildman–Crippen LogP) is 8.15. The zero-order valence-electron chi connectivity index (χ0n) is 17.6. The molecule has 2 heteroatoms. The third-order valence-corrected chi connectivity index (χ3v) is 4.83. The third kappa shape index (κ3) is 5.93. The number of rotatable bonds is 6. The Morgan fingerprint density at radius 3 is 1.35 bits per heavy atom. The van der Waals surface area contributed by atoms with Crippen molar-refractivity contribution < 1.29 is 8.78 Å². The summed E-state index contributed by atoms with van der Waals surface area (Å²) in [6.07, 6.45) is 3.21. The first-order valence-electron chi connectivity index (χ1n) is 10.0. The van der Waals surface area contributed by atoms with E-state index in [0.29, 0.717) is 5.92 Å². The molecule has 2 aromatic rings. The second-order valence-electron chi connectivity index (χ2n) is 6.11. The molecule has 0 aliphatic carbocycles. The van der Waals surface area contributed by atoms with E-state index >= 15 is 0 Å². The fourth-order valence-corrected chi connectivity index (χ4v) is 3.48. The van der Waals surface area contributed by atoms with Crippen molar-refractivity contribution >= 4 is 0 Å². The lowest BCUT2D eigenvalue weighted by atomic mass is 9.65. The molecule has 1 atom stereocenters. The molecule has 0 saturated carbocycles. The largest absolute Gasteiger partial charge is 0.207 e. The molecule has 0 fully saturated rings. The molecule has 2 aromatic carbocycles. The van der Waals surface area contributed by atoms with Crippen molar-refractivity contribution in [1.82, 2.24) is 0 Å². The van der Waals surface area contributed by atoms with Crippen LogP contribution in [0.4, 0.5) is 8.78 Å². The van der Waals surface area contributed by atoms with Crippen LogP contribution in [0.1, 0.15) is 78.9 Å². The fourth-order valence-electron chi connectivity index (χ4n) is 3.48. The van der Waals surface area contributed by atoms with E-state index in [9.17, 15) is 8.78 Å². The number of halogens is 2. The van der Waals surface area contributed by atoms with Gasteiger partial charge in [-0.1, -0.05) is 85.6 Å². The molecule has 26 heavy (non-hydrogen) atoms. The van der Waals surface area contributed by atoms with Crippen LogP contribution in [-0.4, -0.2) is 0 Å². The second-order valence-corrected chi connectivity index (χ2v) is 6.11. The topological polar surface area (TPSA) is 0 Å². The lowest BCUT2D eigenvalue weighted by Crippen LogP contribution is -2.33. The van der Waals surface area contributed by atoms with E-state index < -0.39 is 0 Å². The van der Waals surface area contributed by atoms with Gasteiger partial charge < -0.3 is 0 Å². The van der Waals surface area contributed by atoms with Crippen molar-refractivity contribution in [1.29, 1.82) is 0 Å². The summed E-state index contributed by atoms with van der Waals surface area (Å²) < 4.78 is 26.6. The molecule has 0 radical (unpaired) electrons. The van der Waals surface area contributed by atoms with E-state index in [4.69, 9.17) is 0 Å². The normalized spacial score (nSPS) is 11.6. The predicted molar refractivity (Wildman–Crippen MR) is 111 cm³/mol. The Bertz CT molecular complexity index is 539. The average molecular weight is 363 g/mol. The third-order valence-electron chi connectivity index (χ3n) is 4.83. The molecule has 0 N–H and O–H groups in total. The standard InChI is InChI=1S/C20H24F2.2C2H6/c1-4-6-15(5-2)20(3,16-7-11-18(21)12-8-16)17-9-13-19(22)14-10-17;2*1-2/h7-15H,4-6H2,1-3H3;2*1-2H3. The van der Waals surface area contributed by atoms with Gasteiger partial charge in [-0.3, -0.25) is 0 Å². The highest BCUT2D eigenvalue weighted by Crippen LogP contribution is 2.42. The Kier molecular flexibility index (Phi) is 11.8. The summed E-state index contributed by atoms with van der Waals surface area (Å²) in [6.45, 7) is 14.6. The Balaban J connectivity index is 0.00000146. The minimum atomic E-state index is -0.244.